The zero-order valence-corrected chi connectivity index (χ0v) is 34.1. The van der Waals surface area contributed by atoms with Crippen molar-refractivity contribution in [2.45, 2.75) is 0 Å². The largest absolute Gasteiger partial charge is 0.309 e. The number of benzene rings is 10. The van der Waals surface area contributed by atoms with E-state index in [1.807, 2.05) is 0 Å². The third-order valence-corrected chi connectivity index (χ3v) is 12.0. The quantitative estimate of drug-likeness (QED) is 0.141. The lowest BCUT2D eigenvalue weighted by atomic mass is 9.88. The minimum atomic E-state index is 1.07. The molecule has 1 heterocycles. The van der Waals surface area contributed by atoms with Crippen molar-refractivity contribution < 1.29 is 0 Å². The topological polar surface area (TPSA) is 8.17 Å². The molecule has 0 aliphatic rings. The Morgan fingerprint density at radius 1 is 0.258 bits per heavy atom. The van der Waals surface area contributed by atoms with Gasteiger partial charge < -0.3 is 9.47 Å². The fraction of sp³-hybridized carbons (Fsp3) is 0. The van der Waals surface area contributed by atoms with Gasteiger partial charge in [0.1, 0.15) is 0 Å². The average Bonchev–Trinajstić information content (AvgIpc) is 3.70. The van der Waals surface area contributed by atoms with Gasteiger partial charge >= 0.3 is 0 Å². The van der Waals surface area contributed by atoms with Gasteiger partial charge in [0.15, 0.2) is 0 Å². The summed E-state index contributed by atoms with van der Waals surface area (Å²) >= 11 is 0. The van der Waals surface area contributed by atoms with Crippen molar-refractivity contribution in [2.75, 3.05) is 4.90 Å². The number of anilines is 3. The first kappa shape index (κ1) is 36.8. The second kappa shape index (κ2) is 16.1. The number of para-hydroxylation sites is 5. The van der Waals surface area contributed by atoms with Gasteiger partial charge in [-0.1, -0.05) is 212 Å². The SMILES string of the molecule is c1ccc(-c2ccccc2-c2ccccc2-c2ccccc2N(c2ccc(-c3cccc4c5ccccc5n(-c5ccccc5)c34)cc2)c2ccccc2-c2ccccc2)cc1. The van der Waals surface area contributed by atoms with Crippen molar-refractivity contribution in [1.82, 2.24) is 4.57 Å². The molecular weight excluding hydrogens is 749 g/mol. The molecule has 0 bridgehead atoms. The number of aromatic nitrogens is 1. The molecular formula is C60H42N2. The summed E-state index contributed by atoms with van der Waals surface area (Å²) < 4.78 is 2.42. The Balaban J connectivity index is 1.11. The summed E-state index contributed by atoms with van der Waals surface area (Å²) in [4.78, 5) is 2.45. The highest BCUT2D eigenvalue weighted by Gasteiger charge is 2.23. The van der Waals surface area contributed by atoms with E-state index in [1.54, 1.807) is 0 Å². The molecule has 2 nitrogen and oxygen atoms in total. The summed E-state index contributed by atoms with van der Waals surface area (Å²) in [6.45, 7) is 0. The van der Waals surface area contributed by atoms with Crippen LogP contribution < -0.4 is 4.90 Å². The molecule has 0 amide bonds. The molecule has 292 valence electrons. The van der Waals surface area contributed by atoms with Crippen molar-refractivity contribution in [3.8, 4) is 61.3 Å². The lowest BCUT2D eigenvalue weighted by molar-refractivity contribution is 1.18. The Kier molecular flexibility index (Phi) is 9.57. The number of rotatable bonds is 9. The van der Waals surface area contributed by atoms with Crippen molar-refractivity contribution in [3.05, 3.63) is 255 Å². The standard InChI is InChI=1S/C60H42N2/c1-4-21-43(22-5-1)48-27-10-11-29-51(48)52-30-12-13-31-53(52)54-32-15-18-37-58(54)61(57-36-17-14-28-49(57)44-23-6-2-7-24-44)47-41-39-45(40-42-47)50-34-20-35-56-55-33-16-19-38-59(55)62(60(50)56)46-25-8-3-9-26-46/h1-42H. The number of hydrogen-bond donors (Lipinski definition) is 0. The van der Waals surface area contributed by atoms with E-state index in [0.29, 0.717) is 0 Å². The zero-order chi connectivity index (χ0) is 41.2. The monoisotopic (exact) mass is 790 g/mol. The van der Waals surface area contributed by atoms with Gasteiger partial charge in [0.2, 0.25) is 0 Å². The van der Waals surface area contributed by atoms with E-state index in [1.165, 1.54) is 60.8 Å². The molecule has 11 aromatic rings. The van der Waals surface area contributed by atoms with Gasteiger partial charge in [-0.3, -0.25) is 0 Å². The van der Waals surface area contributed by atoms with Crippen LogP contribution in [0.5, 0.6) is 0 Å². The fourth-order valence-corrected chi connectivity index (χ4v) is 9.26. The first-order valence-electron chi connectivity index (χ1n) is 21.3. The molecule has 62 heavy (non-hydrogen) atoms. The third kappa shape index (κ3) is 6.56. The molecule has 0 aliphatic carbocycles. The zero-order valence-electron chi connectivity index (χ0n) is 34.1. The normalized spacial score (nSPS) is 11.2. The predicted octanol–water partition coefficient (Wildman–Crippen LogP) is 16.6. The Hall–Kier alpha value is -8.20. The third-order valence-electron chi connectivity index (χ3n) is 12.0. The Morgan fingerprint density at radius 2 is 0.677 bits per heavy atom. The summed E-state index contributed by atoms with van der Waals surface area (Å²) in [6, 6.07) is 92.0. The highest BCUT2D eigenvalue weighted by Crippen LogP contribution is 2.48. The molecule has 10 aromatic carbocycles. The summed E-state index contributed by atoms with van der Waals surface area (Å²) in [5, 5.41) is 2.49. The molecule has 0 fully saturated rings. The van der Waals surface area contributed by atoms with Crippen LogP contribution in [-0.4, -0.2) is 4.57 Å². The van der Waals surface area contributed by atoms with Gasteiger partial charge in [0, 0.05) is 38.8 Å². The Bertz CT molecular complexity index is 3330. The van der Waals surface area contributed by atoms with Crippen LogP contribution in [0.1, 0.15) is 0 Å². The summed E-state index contributed by atoms with van der Waals surface area (Å²) in [5.74, 6) is 0. The van der Waals surface area contributed by atoms with E-state index >= 15 is 0 Å². The lowest BCUT2D eigenvalue weighted by Crippen LogP contribution is -2.12. The van der Waals surface area contributed by atoms with Gasteiger partial charge in [0.25, 0.3) is 0 Å². The van der Waals surface area contributed by atoms with Crippen LogP contribution in [0, 0.1) is 0 Å². The van der Waals surface area contributed by atoms with Crippen LogP contribution in [0.3, 0.4) is 0 Å². The van der Waals surface area contributed by atoms with E-state index in [-0.39, 0.29) is 0 Å². The molecule has 0 N–H and O–H groups in total. The second-order valence-corrected chi connectivity index (χ2v) is 15.6. The molecule has 0 saturated heterocycles. The molecule has 2 heteroatoms. The first-order chi connectivity index (χ1) is 30.8. The van der Waals surface area contributed by atoms with Crippen LogP contribution >= 0.6 is 0 Å². The summed E-state index contributed by atoms with van der Waals surface area (Å²) in [7, 11) is 0. The van der Waals surface area contributed by atoms with Gasteiger partial charge in [-0.15, -0.1) is 0 Å². The predicted molar refractivity (Wildman–Crippen MR) is 263 cm³/mol. The van der Waals surface area contributed by atoms with Crippen molar-refractivity contribution in [1.29, 1.82) is 0 Å². The first-order valence-corrected chi connectivity index (χ1v) is 21.3. The maximum atomic E-state index is 2.45. The number of nitrogens with zero attached hydrogens (tertiary/aromatic N) is 2. The van der Waals surface area contributed by atoms with Crippen molar-refractivity contribution in [3.63, 3.8) is 0 Å². The molecule has 0 spiro atoms. The van der Waals surface area contributed by atoms with Gasteiger partial charge in [-0.2, -0.15) is 0 Å². The van der Waals surface area contributed by atoms with E-state index in [9.17, 15) is 0 Å². The highest BCUT2D eigenvalue weighted by atomic mass is 15.1. The molecule has 0 aliphatic heterocycles. The van der Waals surface area contributed by atoms with Crippen LogP contribution in [0.15, 0.2) is 255 Å². The molecule has 0 atom stereocenters. The average molecular weight is 791 g/mol. The smallest absolute Gasteiger partial charge is 0.0619 e. The molecule has 11 rings (SSSR count). The maximum absolute atomic E-state index is 2.45. The van der Waals surface area contributed by atoms with Gasteiger partial charge in [0.05, 0.1) is 22.4 Å². The minimum absolute atomic E-state index is 1.07. The van der Waals surface area contributed by atoms with E-state index in [0.717, 1.165) is 39.4 Å². The highest BCUT2D eigenvalue weighted by molar-refractivity contribution is 6.14. The molecule has 0 saturated carbocycles. The summed E-state index contributed by atoms with van der Waals surface area (Å²) in [5.41, 5.74) is 18.6. The van der Waals surface area contributed by atoms with E-state index in [2.05, 4.69) is 264 Å². The van der Waals surface area contributed by atoms with Crippen molar-refractivity contribution >= 4 is 38.9 Å². The Labute approximate surface area is 362 Å². The fourth-order valence-electron chi connectivity index (χ4n) is 9.26. The molecule has 0 radical (unpaired) electrons. The molecule has 1 aromatic heterocycles. The Morgan fingerprint density at radius 3 is 1.34 bits per heavy atom. The number of hydrogen-bond acceptors (Lipinski definition) is 1. The second-order valence-electron chi connectivity index (χ2n) is 15.6. The van der Waals surface area contributed by atoms with Gasteiger partial charge in [-0.05, 0) is 81.4 Å². The van der Waals surface area contributed by atoms with Crippen LogP contribution in [-0.2, 0) is 0 Å². The van der Waals surface area contributed by atoms with Crippen LogP contribution in [0.2, 0.25) is 0 Å². The lowest BCUT2D eigenvalue weighted by Gasteiger charge is -2.30. The minimum Gasteiger partial charge on any atom is -0.309 e. The summed E-state index contributed by atoms with van der Waals surface area (Å²) in [6.07, 6.45) is 0. The maximum Gasteiger partial charge on any atom is 0.0619 e. The van der Waals surface area contributed by atoms with Crippen LogP contribution in [0.25, 0.3) is 83.1 Å². The van der Waals surface area contributed by atoms with Crippen molar-refractivity contribution in [2.24, 2.45) is 0 Å². The van der Waals surface area contributed by atoms with E-state index in [4.69, 9.17) is 0 Å². The van der Waals surface area contributed by atoms with Gasteiger partial charge in [-0.25, -0.2) is 0 Å². The van der Waals surface area contributed by atoms with E-state index < -0.39 is 0 Å². The number of fused-ring (bicyclic) bond motifs is 3. The van der Waals surface area contributed by atoms with Crippen LogP contribution in [0.4, 0.5) is 17.1 Å². The molecule has 0 unspecified atom stereocenters.